The van der Waals surface area contributed by atoms with Crippen LogP contribution in [0.4, 0.5) is 0 Å². The van der Waals surface area contributed by atoms with Crippen LogP contribution >= 0.6 is 0 Å². The van der Waals surface area contributed by atoms with Crippen molar-refractivity contribution in [2.45, 2.75) is 25.4 Å². The molecular weight excluding hydrogens is 438 g/mol. The van der Waals surface area contributed by atoms with E-state index >= 15 is 0 Å². The van der Waals surface area contributed by atoms with Crippen molar-refractivity contribution in [1.29, 1.82) is 0 Å². The van der Waals surface area contributed by atoms with Crippen LogP contribution in [0.25, 0.3) is 4.91 Å². The summed E-state index contributed by atoms with van der Waals surface area (Å²) in [6, 6.07) is 21.1. The van der Waals surface area contributed by atoms with Gasteiger partial charge in [-0.2, -0.15) is 0 Å². The third-order valence-electron chi connectivity index (χ3n) is 5.80. The number of carbonyl (C=O) groups is 1. The lowest BCUT2D eigenvalue weighted by atomic mass is 10.1. The molecule has 1 amide bonds. The van der Waals surface area contributed by atoms with Crippen LogP contribution in [0.1, 0.15) is 34.8 Å². The average molecular weight is 462 g/mol. The summed E-state index contributed by atoms with van der Waals surface area (Å²) in [6.45, 7) is 0.130. The molecule has 2 atom stereocenters. The van der Waals surface area contributed by atoms with Gasteiger partial charge in [0.25, 0.3) is 5.91 Å². The Kier molecular flexibility index (Phi) is 5.98. The summed E-state index contributed by atoms with van der Waals surface area (Å²) in [5.74, 6) is 1.96. The Morgan fingerprint density at radius 3 is 2.45 bits per heavy atom. The number of aliphatic hydroxyl groups is 1. The van der Waals surface area contributed by atoms with Gasteiger partial charge in [-0.15, -0.1) is 0 Å². The number of carbonyl (C=O) groups excluding carboxylic acids is 1. The first-order valence-corrected chi connectivity index (χ1v) is 12.0. The lowest BCUT2D eigenvalue weighted by Gasteiger charge is -2.16. The van der Waals surface area contributed by atoms with Gasteiger partial charge in [0.05, 0.1) is 4.91 Å². The van der Waals surface area contributed by atoms with E-state index in [4.69, 9.17) is 14.6 Å². The number of rotatable bonds is 7. The summed E-state index contributed by atoms with van der Waals surface area (Å²) < 4.78 is 26.7. The lowest BCUT2D eigenvalue weighted by molar-refractivity contribution is -0.114. The zero-order chi connectivity index (χ0) is 22.8. The number of hydrogen-bond donors (Lipinski definition) is 2. The second-order valence-corrected chi connectivity index (χ2v) is 9.14. The minimum Gasteiger partial charge on any atom is -0.486 e. The molecule has 1 aliphatic carbocycles. The smallest absolute Gasteiger partial charge is 0.257 e. The molecule has 1 heterocycles. The van der Waals surface area contributed by atoms with Crippen molar-refractivity contribution < 1.29 is 23.6 Å². The Morgan fingerprint density at radius 2 is 1.76 bits per heavy atom. The molecule has 0 spiro atoms. The number of benzene rings is 3. The molecule has 7 heteroatoms. The van der Waals surface area contributed by atoms with Crippen molar-refractivity contribution in [1.82, 2.24) is 4.72 Å². The third-order valence-corrected chi connectivity index (χ3v) is 6.94. The quantitative estimate of drug-likeness (QED) is 0.551. The van der Waals surface area contributed by atoms with E-state index in [-0.39, 0.29) is 18.6 Å². The molecule has 6 nitrogen and oxygen atoms in total. The first-order chi connectivity index (χ1) is 16.1. The molecule has 0 bridgehead atoms. The highest BCUT2D eigenvalue weighted by Crippen LogP contribution is 2.41. The molecule has 0 fully saturated rings. The van der Waals surface area contributed by atoms with Crippen molar-refractivity contribution in [2.24, 2.45) is 0 Å². The Bertz CT molecular complexity index is 1230. The molecule has 0 saturated heterocycles. The highest BCUT2D eigenvalue weighted by atomic mass is 32.2. The highest BCUT2D eigenvalue weighted by molar-refractivity contribution is 7.93. The zero-order valence-electron chi connectivity index (χ0n) is 17.8. The van der Waals surface area contributed by atoms with Gasteiger partial charge in [0, 0.05) is 18.2 Å². The van der Waals surface area contributed by atoms with E-state index in [2.05, 4.69) is 10.8 Å². The molecule has 3 aromatic carbocycles. The van der Waals surface area contributed by atoms with E-state index in [9.17, 15) is 9.00 Å². The molecule has 168 valence electrons. The van der Waals surface area contributed by atoms with Gasteiger partial charge < -0.3 is 14.6 Å². The number of aliphatic hydroxyl groups excluding tert-OH is 1. The van der Waals surface area contributed by atoms with Gasteiger partial charge in [0.2, 0.25) is 0 Å². The summed E-state index contributed by atoms with van der Waals surface area (Å²) in [4.78, 5) is 11.9. The summed E-state index contributed by atoms with van der Waals surface area (Å²) in [5.41, 5.74) is 4.06. The molecule has 33 heavy (non-hydrogen) atoms. The van der Waals surface area contributed by atoms with Gasteiger partial charge in [0.15, 0.2) is 11.0 Å². The summed E-state index contributed by atoms with van der Waals surface area (Å²) in [7, 11) is -1.51. The Labute approximate surface area is 194 Å². The minimum absolute atomic E-state index is 0.0793. The third kappa shape index (κ3) is 4.55. The van der Waals surface area contributed by atoms with Crippen LogP contribution in [0.15, 0.2) is 72.8 Å². The maximum absolute atomic E-state index is 12.0. The Morgan fingerprint density at radius 1 is 1.00 bits per heavy atom. The number of ether oxygens (including phenoxy) is 2. The molecule has 1 aliphatic heterocycles. The van der Waals surface area contributed by atoms with Crippen molar-refractivity contribution >= 4 is 21.8 Å². The maximum Gasteiger partial charge on any atom is 0.257 e. The lowest BCUT2D eigenvalue weighted by Crippen LogP contribution is -2.16. The van der Waals surface area contributed by atoms with Gasteiger partial charge >= 0.3 is 0 Å². The van der Waals surface area contributed by atoms with Crippen LogP contribution in [0.5, 0.6) is 17.2 Å². The Hall–Kier alpha value is -3.42. The molecule has 1 unspecified atom stereocenters. The standard InChI is InChI=1S/C26H23NO5S/c28-15-14-17-4-8-19(9-5-17)31-23-3-1-2-21-22(23)12-13-24(21)32-20-10-6-18(7-11-20)25-16-26(29)27-33(25)30/h1-11,16,24,28H,12-15H2,(H,27,29)/t24-,33?/m1/s1. The van der Waals surface area contributed by atoms with E-state index in [1.807, 2.05) is 60.7 Å². The van der Waals surface area contributed by atoms with Crippen molar-refractivity contribution in [3.05, 3.63) is 95.1 Å². The van der Waals surface area contributed by atoms with Gasteiger partial charge in [-0.05, 0) is 66.3 Å². The predicted molar refractivity (Wildman–Crippen MR) is 126 cm³/mol. The van der Waals surface area contributed by atoms with E-state index in [0.717, 1.165) is 46.6 Å². The second-order valence-electron chi connectivity index (χ2n) is 7.96. The van der Waals surface area contributed by atoms with Crippen molar-refractivity contribution in [2.75, 3.05) is 6.61 Å². The highest BCUT2D eigenvalue weighted by Gasteiger charge is 2.27. The van der Waals surface area contributed by atoms with Gasteiger partial charge in [-0.1, -0.05) is 36.4 Å². The normalized spacial score (nSPS) is 19.1. The molecule has 2 aliphatic rings. The van der Waals surface area contributed by atoms with E-state index in [1.54, 1.807) is 0 Å². The summed E-state index contributed by atoms with van der Waals surface area (Å²) in [5, 5.41) is 9.07. The van der Waals surface area contributed by atoms with Crippen LogP contribution in [-0.2, 0) is 28.6 Å². The largest absolute Gasteiger partial charge is 0.486 e. The SMILES string of the molecule is O=C1C=C(c2ccc(O[C@@H]3CCc4c(Oc5ccc(CCO)cc5)cccc43)cc2)S(=O)N1. The maximum atomic E-state index is 12.0. The predicted octanol–water partition coefficient (Wildman–Crippen LogP) is 4.21. The monoisotopic (exact) mass is 461 g/mol. The molecule has 3 aromatic rings. The van der Waals surface area contributed by atoms with Gasteiger partial charge in [-0.25, -0.2) is 4.21 Å². The fourth-order valence-electron chi connectivity index (χ4n) is 4.18. The molecule has 0 radical (unpaired) electrons. The Balaban J connectivity index is 1.30. The fourth-order valence-corrected chi connectivity index (χ4v) is 5.10. The summed E-state index contributed by atoms with van der Waals surface area (Å²) in [6.07, 6.45) is 3.62. The van der Waals surface area contributed by atoms with E-state index in [1.165, 1.54) is 6.08 Å². The molecular formula is C26H23NO5S. The van der Waals surface area contributed by atoms with Gasteiger partial charge in [0.1, 0.15) is 23.4 Å². The van der Waals surface area contributed by atoms with Crippen LogP contribution in [-0.4, -0.2) is 21.8 Å². The molecule has 0 saturated carbocycles. The zero-order valence-corrected chi connectivity index (χ0v) is 18.6. The summed E-state index contributed by atoms with van der Waals surface area (Å²) >= 11 is 0. The number of hydrogen-bond acceptors (Lipinski definition) is 5. The van der Waals surface area contributed by atoms with Crippen molar-refractivity contribution in [3.8, 4) is 17.2 Å². The number of amides is 1. The fraction of sp³-hybridized carbons (Fsp3) is 0.192. The number of nitrogens with one attached hydrogen (secondary N) is 1. The van der Waals surface area contributed by atoms with Crippen molar-refractivity contribution in [3.63, 3.8) is 0 Å². The first kappa shape index (κ1) is 21.4. The number of fused-ring (bicyclic) bond motifs is 1. The molecule has 5 rings (SSSR count). The first-order valence-electron chi connectivity index (χ1n) is 10.8. The molecule has 0 aromatic heterocycles. The van der Waals surface area contributed by atoms with Crippen LogP contribution in [0.2, 0.25) is 0 Å². The average Bonchev–Trinajstić information content (AvgIpc) is 3.39. The van der Waals surface area contributed by atoms with Crippen LogP contribution in [0, 0.1) is 0 Å². The van der Waals surface area contributed by atoms with Crippen LogP contribution < -0.4 is 14.2 Å². The van der Waals surface area contributed by atoms with E-state index < -0.39 is 11.0 Å². The molecule has 2 N–H and O–H groups in total. The van der Waals surface area contributed by atoms with E-state index in [0.29, 0.717) is 17.1 Å². The topological polar surface area (TPSA) is 84.9 Å². The van der Waals surface area contributed by atoms with Gasteiger partial charge in [-0.3, -0.25) is 9.52 Å². The second kappa shape index (κ2) is 9.21. The van der Waals surface area contributed by atoms with Crippen LogP contribution in [0.3, 0.4) is 0 Å². The minimum atomic E-state index is -1.51.